The summed E-state index contributed by atoms with van der Waals surface area (Å²) in [5.41, 5.74) is 0.763. The largest absolute Gasteiger partial charge is 0.481 e. The van der Waals surface area contributed by atoms with Crippen molar-refractivity contribution in [1.29, 1.82) is 0 Å². The van der Waals surface area contributed by atoms with Crippen LogP contribution in [-0.2, 0) is 20.3 Å². The van der Waals surface area contributed by atoms with E-state index in [0.29, 0.717) is 14.6 Å². The van der Waals surface area contributed by atoms with E-state index in [9.17, 15) is 17.8 Å². The summed E-state index contributed by atoms with van der Waals surface area (Å²) in [6.07, 6.45) is 3.43. The minimum atomic E-state index is -4.20. The van der Waals surface area contributed by atoms with Crippen molar-refractivity contribution in [3.05, 3.63) is 23.8 Å². The molecule has 1 heterocycles. The molecule has 0 radical (unpaired) electrons. The highest BCUT2D eigenvalue weighted by Gasteiger charge is 2.41. The smallest absolute Gasteiger partial charge is 0.303 e. The molecule has 1 aliphatic heterocycles. The van der Waals surface area contributed by atoms with Crippen LogP contribution in [0.4, 0.5) is 0 Å². The van der Waals surface area contributed by atoms with Crippen LogP contribution in [-0.4, -0.2) is 29.3 Å². The highest BCUT2D eigenvalue weighted by molar-refractivity contribution is 7.85. The molecule has 7 heteroatoms. The molecule has 1 aromatic carbocycles. The van der Waals surface area contributed by atoms with Crippen molar-refractivity contribution in [2.75, 3.05) is 0 Å². The van der Waals surface area contributed by atoms with Gasteiger partial charge in [-0.2, -0.15) is 8.42 Å². The van der Waals surface area contributed by atoms with Crippen LogP contribution in [0.5, 0.6) is 0 Å². The zero-order chi connectivity index (χ0) is 17.3. The van der Waals surface area contributed by atoms with E-state index < -0.39 is 16.1 Å². The SMILES string of the molecule is CC1=[PH+]c2ccc(S(=O)(=O)O)cc2C1(C)CCCCCC(=O)O. The molecule has 0 spiro atoms. The van der Waals surface area contributed by atoms with E-state index in [0.717, 1.165) is 30.1 Å². The van der Waals surface area contributed by atoms with Gasteiger partial charge in [0.15, 0.2) is 0 Å². The van der Waals surface area contributed by atoms with E-state index in [4.69, 9.17) is 5.11 Å². The van der Waals surface area contributed by atoms with Crippen molar-refractivity contribution in [3.63, 3.8) is 0 Å². The number of carbonyl (C=O) groups is 1. The lowest BCUT2D eigenvalue weighted by molar-refractivity contribution is -0.137. The first-order chi connectivity index (χ1) is 10.6. The van der Waals surface area contributed by atoms with Crippen LogP contribution >= 0.6 is 8.20 Å². The van der Waals surface area contributed by atoms with Crippen LogP contribution in [0.3, 0.4) is 0 Å². The average Bonchev–Trinajstić information content (AvgIpc) is 2.69. The first kappa shape index (κ1) is 18.1. The Bertz CT molecular complexity index is 754. The van der Waals surface area contributed by atoms with Gasteiger partial charge in [0.05, 0.1) is 10.3 Å². The monoisotopic (exact) mass is 357 g/mol. The Kier molecular flexibility index (Phi) is 5.29. The fourth-order valence-corrected chi connectivity index (χ4v) is 5.14. The second-order valence-corrected chi connectivity index (χ2v) is 9.18. The highest BCUT2D eigenvalue weighted by atomic mass is 32.2. The lowest BCUT2D eigenvalue weighted by atomic mass is 9.76. The summed E-state index contributed by atoms with van der Waals surface area (Å²) in [5, 5.41) is 11.1. The van der Waals surface area contributed by atoms with Gasteiger partial charge in [0, 0.05) is 12.0 Å². The average molecular weight is 357 g/mol. The van der Waals surface area contributed by atoms with Crippen LogP contribution in [0.1, 0.15) is 51.5 Å². The van der Waals surface area contributed by atoms with E-state index in [1.807, 2.05) is 0 Å². The molecule has 2 N–H and O–H groups in total. The van der Waals surface area contributed by atoms with E-state index in [1.54, 1.807) is 12.1 Å². The molecule has 0 saturated carbocycles. The molecule has 126 valence electrons. The van der Waals surface area contributed by atoms with Gasteiger partial charge in [-0.3, -0.25) is 9.35 Å². The van der Waals surface area contributed by atoms with Gasteiger partial charge in [-0.05, 0) is 44.9 Å². The zero-order valence-electron chi connectivity index (χ0n) is 13.3. The first-order valence-electron chi connectivity index (χ1n) is 7.59. The predicted molar refractivity (Wildman–Crippen MR) is 93.0 cm³/mol. The lowest BCUT2D eigenvalue weighted by Gasteiger charge is -2.24. The standard InChI is InChI=1S/C16H21O5PS/c1-11-16(2,9-5-3-4-6-15(17)18)13-10-12(23(19,20)21)7-8-14(13)22-11/h7-8,10H,3-6,9H2,1-2H3,(H,17,18)(H,19,20,21)/p+1. The van der Waals surface area contributed by atoms with Gasteiger partial charge < -0.3 is 5.11 Å². The van der Waals surface area contributed by atoms with Crippen LogP contribution in [0, 0.1) is 0 Å². The summed E-state index contributed by atoms with van der Waals surface area (Å²) in [6, 6.07) is 4.83. The lowest BCUT2D eigenvalue weighted by Crippen LogP contribution is -2.29. The van der Waals surface area contributed by atoms with Gasteiger partial charge in [0.1, 0.15) is 18.8 Å². The molecule has 2 unspecified atom stereocenters. The predicted octanol–water partition coefficient (Wildman–Crippen LogP) is 2.74. The summed E-state index contributed by atoms with van der Waals surface area (Å²) in [4.78, 5) is 10.5. The Balaban J connectivity index is 2.17. The topological polar surface area (TPSA) is 91.7 Å². The van der Waals surface area contributed by atoms with Gasteiger partial charge >= 0.3 is 5.97 Å². The summed E-state index contributed by atoms with van der Waals surface area (Å²) < 4.78 is 32.0. The molecule has 1 aromatic rings. The molecule has 0 saturated heterocycles. The van der Waals surface area contributed by atoms with Crippen molar-refractivity contribution in [3.8, 4) is 0 Å². The number of rotatable bonds is 7. The molecule has 1 aliphatic rings. The summed E-state index contributed by atoms with van der Waals surface area (Å²) in [6.45, 7) is 4.19. The number of hydrogen-bond acceptors (Lipinski definition) is 3. The summed E-state index contributed by atoms with van der Waals surface area (Å²) in [5.74, 6) is -0.774. The van der Waals surface area contributed by atoms with E-state index in [2.05, 4.69) is 13.8 Å². The number of carboxylic acid groups (broad SMARTS) is 1. The normalized spacial score (nSPS) is 20.9. The maximum Gasteiger partial charge on any atom is 0.303 e. The second kappa shape index (κ2) is 6.71. The molecule has 0 aromatic heterocycles. The minimum Gasteiger partial charge on any atom is -0.481 e. The number of fused-ring (bicyclic) bond motifs is 1. The summed E-state index contributed by atoms with van der Waals surface area (Å²) in [7, 11) is -3.66. The number of unbranched alkanes of at least 4 members (excludes halogenated alkanes) is 2. The maximum atomic E-state index is 11.4. The molecule has 0 fully saturated rings. The Morgan fingerprint density at radius 1 is 1.26 bits per heavy atom. The molecule has 2 rings (SSSR count). The van der Waals surface area contributed by atoms with Gasteiger partial charge in [-0.1, -0.05) is 12.8 Å². The van der Waals surface area contributed by atoms with Gasteiger partial charge in [0.25, 0.3) is 10.1 Å². The number of benzene rings is 1. The van der Waals surface area contributed by atoms with Gasteiger partial charge in [-0.25, -0.2) is 0 Å². The van der Waals surface area contributed by atoms with E-state index >= 15 is 0 Å². The molecular formula is C16H22O5PS+. The van der Waals surface area contributed by atoms with Gasteiger partial charge in [0.2, 0.25) is 0 Å². The number of carboxylic acids is 1. The van der Waals surface area contributed by atoms with Crippen molar-refractivity contribution in [2.45, 2.75) is 56.3 Å². The van der Waals surface area contributed by atoms with Crippen LogP contribution < -0.4 is 5.30 Å². The van der Waals surface area contributed by atoms with E-state index in [1.165, 1.54) is 11.4 Å². The van der Waals surface area contributed by atoms with Crippen molar-refractivity contribution in [2.24, 2.45) is 0 Å². The number of aliphatic carboxylic acids is 1. The third-order valence-electron chi connectivity index (χ3n) is 4.60. The van der Waals surface area contributed by atoms with Crippen LogP contribution in [0.2, 0.25) is 0 Å². The van der Waals surface area contributed by atoms with Crippen molar-refractivity contribution in [1.82, 2.24) is 0 Å². The Hall–Kier alpha value is -1.23. The quantitative estimate of drug-likeness (QED) is 0.445. The Morgan fingerprint density at radius 2 is 1.96 bits per heavy atom. The fourth-order valence-electron chi connectivity index (χ4n) is 3.05. The maximum absolute atomic E-state index is 11.4. The van der Waals surface area contributed by atoms with Crippen molar-refractivity contribution < 1.29 is 22.9 Å². The van der Waals surface area contributed by atoms with E-state index in [-0.39, 0.29) is 16.7 Å². The molecule has 5 nitrogen and oxygen atoms in total. The fraction of sp³-hybridized carbons (Fsp3) is 0.500. The Morgan fingerprint density at radius 3 is 2.57 bits per heavy atom. The zero-order valence-corrected chi connectivity index (χ0v) is 15.1. The molecule has 23 heavy (non-hydrogen) atoms. The third kappa shape index (κ3) is 4.00. The van der Waals surface area contributed by atoms with Crippen LogP contribution in [0.15, 0.2) is 23.1 Å². The molecule has 2 atom stereocenters. The summed E-state index contributed by atoms with van der Waals surface area (Å²) >= 11 is 0. The molecular weight excluding hydrogens is 335 g/mol. The van der Waals surface area contributed by atoms with Crippen LogP contribution in [0.25, 0.3) is 0 Å². The molecule has 0 aliphatic carbocycles. The van der Waals surface area contributed by atoms with Gasteiger partial charge in [-0.15, -0.1) is 0 Å². The highest BCUT2D eigenvalue weighted by Crippen LogP contribution is 2.40. The minimum absolute atomic E-state index is 0.0622. The Labute approximate surface area is 138 Å². The van der Waals surface area contributed by atoms with Crippen molar-refractivity contribution >= 4 is 34.9 Å². The first-order valence-corrected chi connectivity index (χ1v) is 10.0. The second-order valence-electron chi connectivity index (χ2n) is 6.22. The molecule has 0 bridgehead atoms. The third-order valence-corrected chi connectivity index (χ3v) is 7.08. The number of hydrogen-bond donors (Lipinski definition) is 2. The molecule has 0 amide bonds.